The van der Waals surface area contributed by atoms with Crippen molar-refractivity contribution in [1.29, 1.82) is 0 Å². The quantitative estimate of drug-likeness (QED) is 0.420. The molecule has 0 atom stereocenters. The van der Waals surface area contributed by atoms with E-state index in [2.05, 4.69) is 51.5 Å². The smallest absolute Gasteiger partial charge is 0.123 e. The summed E-state index contributed by atoms with van der Waals surface area (Å²) in [7, 11) is 2.18. The third-order valence-corrected chi connectivity index (χ3v) is 7.05. The van der Waals surface area contributed by atoms with Gasteiger partial charge >= 0.3 is 0 Å². The van der Waals surface area contributed by atoms with E-state index in [4.69, 9.17) is 0 Å². The van der Waals surface area contributed by atoms with Gasteiger partial charge in [-0.2, -0.15) is 0 Å². The highest BCUT2D eigenvalue weighted by Crippen LogP contribution is 2.32. The molecule has 5 nitrogen and oxygen atoms in total. The van der Waals surface area contributed by atoms with E-state index in [0.717, 1.165) is 30.1 Å². The molecule has 0 spiro atoms. The van der Waals surface area contributed by atoms with Gasteiger partial charge in [0.05, 0.1) is 0 Å². The molecule has 5 rings (SSSR count). The number of fused-ring (bicyclic) bond motifs is 1. The molecule has 0 aliphatic heterocycles. The second-order valence-corrected chi connectivity index (χ2v) is 9.17. The van der Waals surface area contributed by atoms with Crippen molar-refractivity contribution in [2.24, 2.45) is 5.92 Å². The molecule has 1 aliphatic rings. The largest absolute Gasteiger partial charge is 0.361 e. The van der Waals surface area contributed by atoms with Gasteiger partial charge in [-0.25, -0.2) is 4.39 Å². The van der Waals surface area contributed by atoms with Crippen molar-refractivity contribution in [3.8, 4) is 5.69 Å². The number of aromatic nitrogens is 4. The van der Waals surface area contributed by atoms with Crippen molar-refractivity contribution in [3.05, 3.63) is 78.3 Å². The Morgan fingerprint density at radius 2 is 1.88 bits per heavy atom. The van der Waals surface area contributed by atoms with Crippen molar-refractivity contribution in [2.75, 3.05) is 7.05 Å². The van der Waals surface area contributed by atoms with Gasteiger partial charge in [0, 0.05) is 35.4 Å². The van der Waals surface area contributed by atoms with Crippen LogP contribution in [0.2, 0.25) is 0 Å². The second-order valence-electron chi connectivity index (χ2n) is 9.17. The third-order valence-electron chi connectivity index (χ3n) is 7.05. The zero-order valence-corrected chi connectivity index (χ0v) is 18.5. The van der Waals surface area contributed by atoms with Crippen LogP contribution < -0.4 is 0 Å². The molecule has 1 fully saturated rings. The fourth-order valence-electron chi connectivity index (χ4n) is 5.15. The fraction of sp³-hybridized carbons (Fsp3) is 0.385. The number of hydrogen-bond acceptors (Lipinski definition) is 3. The van der Waals surface area contributed by atoms with E-state index < -0.39 is 0 Å². The summed E-state index contributed by atoms with van der Waals surface area (Å²) in [4.78, 5) is 5.82. The van der Waals surface area contributed by atoms with Crippen molar-refractivity contribution < 1.29 is 4.39 Å². The van der Waals surface area contributed by atoms with E-state index in [-0.39, 0.29) is 5.82 Å². The molecule has 0 bridgehead atoms. The molecule has 32 heavy (non-hydrogen) atoms. The third kappa shape index (κ3) is 4.60. The molecule has 1 N–H and O–H groups in total. The Kier molecular flexibility index (Phi) is 6.04. The van der Waals surface area contributed by atoms with Gasteiger partial charge in [0.2, 0.25) is 0 Å². The lowest BCUT2D eigenvalue weighted by atomic mass is 9.82. The Labute approximate surface area is 188 Å². The molecular formula is C26H30FN5. The van der Waals surface area contributed by atoms with Crippen molar-refractivity contribution in [2.45, 2.75) is 51.1 Å². The van der Waals surface area contributed by atoms with Gasteiger partial charge in [-0.1, -0.05) is 12.1 Å². The number of nitrogens with one attached hydrogen (secondary N) is 1. The van der Waals surface area contributed by atoms with Crippen LogP contribution in [0.5, 0.6) is 0 Å². The normalized spacial score (nSPS) is 19.1. The zero-order valence-electron chi connectivity index (χ0n) is 18.5. The van der Waals surface area contributed by atoms with E-state index in [9.17, 15) is 4.39 Å². The molecule has 2 aromatic carbocycles. The second kappa shape index (κ2) is 9.25. The standard InChI is InChI=1S/C26H30FN5/c1-31(16-20-3-2-4-22(27)13-20)23-9-6-19(7-10-23)5-8-21-15-28-26-12-11-24(14-25(21)26)32-17-29-30-18-32/h2-4,11-15,17-19,23,28H,5-10,16H2,1H3/t19-,23+. The summed E-state index contributed by atoms with van der Waals surface area (Å²) >= 11 is 0. The zero-order chi connectivity index (χ0) is 21.9. The molecule has 166 valence electrons. The van der Waals surface area contributed by atoms with E-state index in [0.29, 0.717) is 6.04 Å². The number of H-pyrrole nitrogens is 1. The Morgan fingerprint density at radius 1 is 1.06 bits per heavy atom. The monoisotopic (exact) mass is 431 g/mol. The van der Waals surface area contributed by atoms with Crippen LogP contribution in [0.25, 0.3) is 16.6 Å². The van der Waals surface area contributed by atoms with E-state index in [1.165, 1.54) is 54.6 Å². The first-order valence-electron chi connectivity index (χ1n) is 11.6. The first-order valence-corrected chi connectivity index (χ1v) is 11.6. The Balaban J connectivity index is 1.16. The molecule has 0 radical (unpaired) electrons. The first-order chi connectivity index (χ1) is 15.7. The van der Waals surface area contributed by atoms with Gasteiger partial charge in [0.15, 0.2) is 0 Å². The van der Waals surface area contributed by atoms with Gasteiger partial charge < -0.3 is 4.98 Å². The predicted molar refractivity (Wildman–Crippen MR) is 125 cm³/mol. The van der Waals surface area contributed by atoms with Crippen LogP contribution in [0.1, 0.15) is 43.2 Å². The van der Waals surface area contributed by atoms with Crippen LogP contribution in [0.4, 0.5) is 4.39 Å². The average Bonchev–Trinajstić information content (AvgIpc) is 3.48. The molecule has 1 aliphatic carbocycles. The minimum Gasteiger partial charge on any atom is -0.361 e. The molecule has 0 amide bonds. The van der Waals surface area contributed by atoms with Crippen LogP contribution in [-0.4, -0.2) is 37.7 Å². The summed E-state index contributed by atoms with van der Waals surface area (Å²) in [6.45, 7) is 0.817. The molecule has 2 aromatic heterocycles. The maximum atomic E-state index is 13.5. The number of hydrogen-bond donors (Lipinski definition) is 1. The Morgan fingerprint density at radius 3 is 2.66 bits per heavy atom. The molecule has 6 heteroatoms. The summed E-state index contributed by atoms with van der Waals surface area (Å²) in [5.74, 6) is 0.630. The van der Waals surface area contributed by atoms with Gasteiger partial charge in [-0.3, -0.25) is 9.47 Å². The summed E-state index contributed by atoms with van der Waals surface area (Å²) in [5.41, 5.74) is 4.71. The summed E-state index contributed by atoms with van der Waals surface area (Å²) < 4.78 is 15.4. The van der Waals surface area contributed by atoms with Crippen LogP contribution in [0.15, 0.2) is 61.3 Å². The first kappa shape index (κ1) is 20.9. The maximum Gasteiger partial charge on any atom is 0.123 e. The van der Waals surface area contributed by atoms with Crippen molar-refractivity contribution in [1.82, 2.24) is 24.6 Å². The number of benzene rings is 2. The summed E-state index contributed by atoms with van der Waals surface area (Å²) in [5, 5.41) is 9.13. The van der Waals surface area contributed by atoms with Gasteiger partial charge in [0.1, 0.15) is 18.5 Å². The highest BCUT2D eigenvalue weighted by molar-refractivity contribution is 5.85. The van der Waals surface area contributed by atoms with E-state index in [1.807, 2.05) is 10.6 Å². The van der Waals surface area contributed by atoms with E-state index >= 15 is 0 Å². The molecule has 2 heterocycles. The predicted octanol–water partition coefficient (Wildman–Crippen LogP) is 5.51. The van der Waals surface area contributed by atoms with Gasteiger partial charge in [0.25, 0.3) is 0 Å². The van der Waals surface area contributed by atoms with Crippen LogP contribution in [0.3, 0.4) is 0 Å². The lowest BCUT2D eigenvalue weighted by molar-refractivity contribution is 0.156. The minimum atomic E-state index is -0.147. The molecule has 4 aromatic rings. The number of rotatable bonds is 7. The van der Waals surface area contributed by atoms with Gasteiger partial charge in [-0.15, -0.1) is 10.2 Å². The van der Waals surface area contributed by atoms with Crippen molar-refractivity contribution >= 4 is 10.9 Å². The average molecular weight is 432 g/mol. The highest BCUT2D eigenvalue weighted by atomic mass is 19.1. The summed E-state index contributed by atoms with van der Waals surface area (Å²) in [6, 6.07) is 14.0. The van der Waals surface area contributed by atoms with Crippen LogP contribution in [-0.2, 0) is 13.0 Å². The van der Waals surface area contributed by atoms with E-state index in [1.54, 1.807) is 24.8 Å². The number of nitrogens with zero attached hydrogens (tertiary/aromatic N) is 4. The van der Waals surface area contributed by atoms with Crippen molar-refractivity contribution in [3.63, 3.8) is 0 Å². The number of aryl methyl sites for hydroxylation is 1. The lowest BCUT2D eigenvalue weighted by Gasteiger charge is -2.35. The molecule has 1 saturated carbocycles. The van der Waals surface area contributed by atoms with Crippen LogP contribution >= 0.6 is 0 Å². The number of aromatic amines is 1. The fourth-order valence-corrected chi connectivity index (χ4v) is 5.15. The SMILES string of the molecule is CN(Cc1cccc(F)c1)[C@H]1CC[C@@H](CCc2c[nH]c3ccc(-n4cnnc4)cc23)CC1. The van der Waals surface area contributed by atoms with Gasteiger partial charge in [-0.05, 0) is 92.9 Å². The lowest BCUT2D eigenvalue weighted by Crippen LogP contribution is -2.34. The molecule has 0 saturated heterocycles. The Bertz CT molecular complexity index is 1160. The topological polar surface area (TPSA) is 49.7 Å². The highest BCUT2D eigenvalue weighted by Gasteiger charge is 2.24. The van der Waals surface area contributed by atoms with Crippen LogP contribution in [0, 0.1) is 11.7 Å². The summed E-state index contributed by atoms with van der Waals surface area (Å²) in [6.07, 6.45) is 12.9. The Hall–Kier alpha value is -2.99. The molecular weight excluding hydrogens is 401 g/mol. The molecule has 0 unspecified atom stereocenters. The maximum absolute atomic E-state index is 13.5. The minimum absolute atomic E-state index is 0.147. The number of halogens is 1.